The van der Waals surface area contributed by atoms with Gasteiger partial charge in [0.05, 0.1) is 18.2 Å². The summed E-state index contributed by atoms with van der Waals surface area (Å²) in [6, 6.07) is 22.5. The van der Waals surface area contributed by atoms with Crippen LogP contribution in [0.5, 0.6) is 5.75 Å². The molecule has 3 aromatic rings. The van der Waals surface area contributed by atoms with Gasteiger partial charge in [-0.15, -0.1) is 0 Å². The molecule has 3 aromatic carbocycles. The maximum absolute atomic E-state index is 11.6. The van der Waals surface area contributed by atoms with E-state index in [9.17, 15) is 9.90 Å². The van der Waals surface area contributed by atoms with E-state index in [2.05, 4.69) is 41.7 Å². The zero-order chi connectivity index (χ0) is 20.0. The minimum atomic E-state index is -0.885. The van der Waals surface area contributed by atoms with Gasteiger partial charge in [0.1, 0.15) is 5.75 Å². The van der Waals surface area contributed by atoms with Crippen LogP contribution in [0.1, 0.15) is 51.5 Å². The molecule has 1 aliphatic heterocycles. The van der Waals surface area contributed by atoms with Crippen LogP contribution in [0.15, 0.2) is 66.7 Å². The average molecular weight is 385 g/mol. The van der Waals surface area contributed by atoms with Gasteiger partial charge in [-0.1, -0.05) is 36.4 Å². The van der Waals surface area contributed by atoms with Gasteiger partial charge in [-0.25, -0.2) is 4.79 Å². The molecular weight excluding hydrogens is 362 g/mol. The minimum absolute atomic E-state index is 0.159. The SMILES string of the molecule is CCOc1ccc([C@@H]2Nc3ccc(C(=O)O)cc3[C@H]3c4ccccc4C[C@H]32)cc1. The molecule has 2 aliphatic rings. The van der Waals surface area contributed by atoms with E-state index in [1.54, 1.807) is 6.07 Å². The van der Waals surface area contributed by atoms with Crippen molar-refractivity contribution < 1.29 is 14.6 Å². The number of anilines is 1. The van der Waals surface area contributed by atoms with Crippen LogP contribution in [0.3, 0.4) is 0 Å². The Kier molecular flexibility index (Phi) is 4.27. The molecule has 0 saturated heterocycles. The summed E-state index contributed by atoms with van der Waals surface area (Å²) >= 11 is 0. The highest BCUT2D eigenvalue weighted by molar-refractivity contribution is 5.89. The Morgan fingerprint density at radius 1 is 1.07 bits per heavy atom. The van der Waals surface area contributed by atoms with E-state index >= 15 is 0 Å². The second-order valence-corrected chi connectivity index (χ2v) is 7.78. The third kappa shape index (κ3) is 2.96. The Bertz CT molecular complexity index is 1070. The van der Waals surface area contributed by atoms with Crippen molar-refractivity contribution >= 4 is 11.7 Å². The van der Waals surface area contributed by atoms with Crippen molar-refractivity contribution in [1.29, 1.82) is 0 Å². The van der Waals surface area contributed by atoms with E-state index < -0.39 is 5.97 Å². The zero-order valence-corrected chi connectivity index (χ0v) is 16.3. The van der Waals surface area contributed by atoms with Crippen molar-refractivity contribution in [3.05, 3.63) is 94.5 Å². The normalized spacial score (nSPS) is 21.5. The van der Waals surface area contributed by atoms with Crippen LogP contribution in [0, 0.1) is 5.92 Å². The highest BCUT2D eigenvalue weighted by Crippen LogP contribution is 2.53. The first-order valence-electron chi connectivity index (χ1n) is 10.1. The third-order valence-corrected chi connectivity index (χ3v) is 6.20. The lowest BCUT2D eigenvalue weighted by Gasteiger charge is -2.38. The maximum atomic E-state index is 11.6. The molecular formula is C25H23NO3. The van der Waals surface area contributed by atoms with Crippen molar-refractivity contribution in [2.45, 2.75) is 25.3 Å². The number of fused-ring (bicyclic) bond motifs is 5. The van der Waals surface area contributed by atoms with Crippen molar-refractivity contribution in [3.63, 3.8) is 0 Å². The van der Waals surface area contributed by atoms with E-state index in [0.29, 0.717) is 18.1 Å². The molecule has 0 fully saturated rings. The number of rotatable bonds is 4. The van der Waals surface area contributed by atoms with Crippen LogP contribution in [-0.4, -0.2) is 17.7 Å². The van der Waals surface area contributed by atoms with Crippen molar-refractivity contribution in [2.24, 2.45) is 5.92 Å². The summed E-state index contributed by atoms with van der Waals surface area (Å²) in [7, 11) is 0. The molecule has 0 bridgehead atoms. The lowest BCUT2D eigenvalue weighted by molar-refractivity contribution is 0.0696. The van der Waals surface area contributed by atoms with Crippen LogP contribution in [0.25, 0.3) is 0 Å². The molecule has 3 atom stereocenters. The Morgan fingerprint density at radius 3 is 2.62 bits per heavy atom. The zero-order valence-electron chi connectivity index (χ0n) is 16.3. The number of aromatic carboxylic acids is 1. The summed E-state index contributed by atoms with van der Waals surface area (Å²) in [5.41, 5.74) is 6.35. The van der Waals surface area contributed by atoms with Gasteiger partial charge in [-0.05, 0) is 71.8 Å². The third-order valence-electron chi connectivity index (χ3n) is 6.20. The van der Waals surface area contributed by atoms with Crippen LogP contribution in [0.4, 0.5) is 5.69 Å². The quantitative estimate of drug-likeness (QED) is 0.644. The Labute approximate surface area is 170 Å². The first-order valence-corrected chi connectivity index (χ1v) is 10.1. The molecule has 0 aromatic heterocycles. The molecule has 4 heteroatoms. The number of carbonyl (C=O) groups is 1. The maximum Gasteiger partial charge on any atom is 0.335 e. The molecule has 1 heterocycles. The molecule has 29 heavy (non-hydrogen) atoms. The van der Waals surface area contributed by atoms with Gasteiger partial charge >= 0.3 is 5.97 Å². The molecule has 0 amide bonds. The van der Waals surface area contributed by atoms with Gasteiger partial charge in [0.25, 0.3) is 0 Å². The summed E-state index contributed by atoms with van der Waals surface area (Å²) in [5.74, 6) is 0.522. The highest BCUT2D eigenvalue weighted by Gasteiger charge is 2.43. The van der Waals surface area contributed by atoms with Crippen LogP contribution >= 0.6 is 0 Å². The fourth-order valence-corrected chi connectivity index (χ4v) is 4.96. The average Bonchev–Trinajstić information content (AvgIpc) is 3.13. The topological polar surface area (TPSA) is 58.6 Å². The van der Waals surface area contributed by atoms with E-state index in [1.165, 1.54) is 16.7 Å². The molecule has 0 unspecified atom stereocenters. The second-order valence-electron chi connectivity index (χ2n) is 7.78. The number of nitrogens with one attached hydrogen (secondary N) is 1. The molecule has 0 spiro atoms. The summed E-state index contributed by atoms with van der Waals surface area (Å²) in [6.07, 6.45) is 0.975. The number of benzene rings is 3. The first-order chi connectivity index (χ1) is 14.2. The molecule has 0 saturated carbocycles. The lowest BCUT2D eigenvalue weighted by Crippen LogP contribution is -2.30. The molecule has 0 radical (unpaired) electrons. The van der Waals surface area contributed by atoms with E-state index in [-0.39, 0.29) is 12.0 Å². The summed E-state index contributed by atoms with van der Waals surface area (Å²) in [6.45, 7) is 2.64. The smallest absolute Gasteiger partial charge is 0.335 e. The Hall–Kier alpha value is -3.27. The van der Waals surface area contributed by atoms with E-state index in [4.69, 9.17) is 4.74 Å². The largest absolute Gasteiger partial charge is 0.494 e. The van der Waals surface area contributed by atoms with Gasteiger partial charge in [-0.3, -0.25) is 0 Å². The van der Waals surface area contributed by atoms with E-state index in [0.717, 1.165) is 23.4 Å². The number of carboxylic acids is 1. The van der Waals surface area contributed by atoms with Gasteiger partial charge in [0.15, 0.2) is 0 Å². The predicted octanol–water partition coefficient (Wildman–Crippen LogP) is 5.25. The lowest BCUT2D eigenvalue weighted by atomic mass is 9.75. The molecule has 146 valence electrons. The van der Waals surface area contributed by atoms with Crippen molar-refractivity contribution in [3.8, 4) is 5.75 Å². The monoisotopic (exact) mass is 385 g/mol. The molecule has 4 nitrogen and oxygen atoms in total. The molecule has 1 aliphatic carbocycles. The Balaban J connectivity index is 1.61. The number of carboxylic acid groups (broad SMARTS) is 1. The number of hydrogen-bond donors (Lipinski definition) is 2. The predicted molar refractivity (Wildman–Crippen MR) is 113 cm³/mol. The number of hydrogen-bond acceptors (Lipinski definition) is 3. The van der Waals surface area contributed by atoms with Crippen molar-refractivity contribution in [1.82, 2.24) is 0 Å². The van der Waals surface area contributed by atoms with Crippen LogP contribution < -0.4 is 10.1 Å². The second kappa shape index (κ2) is 6.96. The fourth-order valence-electron chi connectivity index (χ4n) is 4.96. The van der Waals surface area contributed by atoms with E-state index in [1.807, 2.05) is 31.2 Å². The standard InChI is InChI=1S/C25H23NO3/c1-2-29-18-10-7-15(8-11-18)24-21-13-16-5-3-4-6-19(16)23(21)20-14-17(25(27)28)9-12-22(20)26-24/h3-12,14,21,23-24,26H,2,13H2,1H3,(H,27,28)/t21-,23-,24+/m1/s1. The minimum Gasteiger partial charge on any atom is -0.494 e. The number of ether oxygens (including phenoxy) is 1. The summed E-state index contributed by atoms with van der Waals surface area (Å²) in [4.78, 5) is 11.6. The van der Waals surface area contributed by atoms with Crippen LogP contribution in [-0.2, 0) is 6.42 Å². The first kappa shape index (κ1) is 17.8. The van der Waals surface area contributed by atoms with Gasteiger partial charge < -0.3 is 15.2 Å². The van der Waals surface area contributed by atoms with Crippen molar-refractivity contribution in [2.75, 3.05) is 11.9 Å². The fraction of sp³-hybridized carbons (Fsp3) is 0.240. The summed E-state index contributed by atoms with van der Waals surface area (Å²) < 4.78 is 5.60. The molecule has 2 N–H and O–H groups in total. The summed E-state index contributed by atoms with van der Waals surface area (Å²) in [5, 5.41) is 13.2. The van der Waals surface area contributed by atoms with Gasteiger partial charge in [0, 0.05) is 11.6 Å². The van der Waals surface area contributed by atoms with Crippen LogP contribution in [0.2, 0.25) is 0 Å². The molecule has 5 rings (SSSR count). The van der Waals surface area contributed by atoms with Gasteiger partial charge in [0.2, 0.25) is 0 Å². The Morgan fingerprint density at radius 2 is 1.86 bits per heavy atom. The highest BCUT2D eigenvalue weighted by atomic mass is 16.5. The van der Waals surface area contributed by atoms with Gasteiger partial charge in [-0.2, -0.15) is 0 Å².